The number of carbonyl (C=O) groups is 6. The summed E-state index contributed by atoms with van der Waals surface area (Å²) in [6.07, 6.45) is -1.71. The van der Waals surface area contributed by atoms with Crippen molar-refractivity contribution in [3.63, 3.8) is 0 Å². The number of hydrogen-bond donors (Lipinski definition) is 8. The number of nitrogens with two attached hydrogens (primary N) is 1. The molecule has 0 aliphatic heterocycles. The third kappa shape index (κ3) is 10.4. The van der Waals surface area contributed by atoms with Crippen molar-refractivity contribution in [1.82, 2.24) is 16.0 Å². The zero-order valence-corrected chi connectivity index (χ0v) is 17.9. The molecule has 14 nitrogen and oxygen atoms in total. The SMILES string of the molecule is NC(CCC(=O)O)C(=O)NC(CC(=O)O)C(=O)NC(Cc1ccc(O)cc1)C(=O)NCC(=O)O. The number of carboxylic acid groups (broad SMARTS) is 3. The summed E-state index contributed by atoms with van der Waals surface area (Å²) < 4.78 is 0. The Bertz CT molecular complexity index is 918. The van der Waals surface area contributed by atoms with Gasteiger partial charge < -0.3 is 42.1 Å². The topological polar surface area (TPSA) is 245 Å². The molecule has 9 N–H and O–H groups in total. The van der Waals surface area contributed by atoms with Crippen molar-refractivity contribution < 1.29 is 49.2 Å². The van der Waals surface area contributed by atoms with Gasteiger partial charge in [-0.1, -0.05) is 12.1 Å². The van der Waals surface area contributed by atoms with E-state index < -0.39 is 73.1 Å². The van der Waals surface area contributed by atoms with Crippen molar-refractivity contribution in [3.05, 3.63) is 29.8 Å². The van der Waals surface area contributed by atoms with Crippen LogP contribution in [-0.4, -0.2) is 80.7 Å². The molecule has 0 saturated heterocycles. The fraction of sp³-hybridized carbons (Fsp3) is 0.400. The standard InChI is InChI=1S/C20H26N4O10/c21-12(5-6-15(26)27)18(32)23-14(8-16(28)29)20(34)24-13(19(33)22-9-17(30)31)7-10-1-3-11(25)4-2-10/h1-4,12-14,25H,5-9,21H2,(H,22,33)(H,23,32)(H,24,34)(H,26,27)(H,28,29)(H,30,31). The molecule has 3 atom stereocenters. The average molecular weight is 482 g/mol. The molecule has 0 fully saturated rings. The molecule has 0 aliphatic carbocycles. The predicted molar refractivity (Wildman–Crippen MR) is 113 cm³/mol. The number of phenols is 1. The zero-order valence-electron chi connectivity index (χ0n) is 17.9. The number of amides is 3. The third-order valence-corrected chi connectivity index (χ3v) is 4.44. The molecule has 14 heteroatoms. The second kappa shape index (κ2) is 13.4. The van der Waals surface area contributed by atoms with Crippen molar-refractivity contribution in [1.29, 1.82) is 0 Å². The van der Waals surface area contributed by atoms with Gasteiger partial charge in [0.05, 0.1) is 12.5 Å². The second-order valence-electron chi connectivity index (χ2n) is 7.24. The highest BCUT2D eigenvalue weighted by Gasteiger charge is 2.30. The maximum Gasteiger partial charge on any atom is 0.322 e. The Hall–Kier alpha value is -4.20. The molecule has 1 rings (SSSR count). The van der Waals surface area contributed by atoms with Gasteiger partial charge in [-0.25, -0.2) is 0 Å². The summed E-state index contributed by atoms with van der Waals surface area (Å²) in [6.45, 7) is -0.742. The van der Waals surface area contributed by atoms with E-state index in [2.05, 4.69) is 16.0 Å². The minimum Gasteiger partial charge on any atom is -0.508 e. The third-order valence-electron chi connectivity index (χ3n) is 4.44. The van der Waals surface area contributed by atoms with Crippen LogP contribution in [-0.2, 0) is 35.2 Å². The van der Waals surface area contributed by atoms with Gasteiger partial charge in [0.1, 0.15) is 24.4 Å². The summed E-state index contributed by atoms with van der Waals surface area (Å²) in [5.74, 6) is -6.96. The molecular formula is C20H26N4O10. The number of aliphatic carboxylic acids is 3. The van der Waals surface area contributed by atoms with Crippen molar-refractivity contribution >= 4 is 35.6 Å². The molecule has 0 aliphatic rings. The van der Waals surface area contributed by atoms with E-state index in [-0.39, 0.29) is 18.6 Å². The number of benzene rings is 1. The van der Waals surface area contributed by atoms with Gasteiger partial charge in [0.15, 0.2) is 0 Å². The van der Waals surface area contributed by atoms with Crippen LogP contribution in [0.3, 0.4) is 0 Å². The van der Waals surface area contributed by atoms with Crippen LogP contribution in [0.2, 0.25) is 0 Å². The minimum absolute atomic E-state index is 0.0527. The number of phenolic OH excluding ortho intramolecular Hbond substituents is 1. The second-order valence-corrected chi connectivity index (χ2v) is 7.24. The van der Waals surface area contributed by atoms with Crippen molar-refractivity contribution in [3.8, 4) is 5.75 Å². The number of carboxylic acids is 3. The Labute approximate surface area is 193 Å². The monoisotopic (exact) mass is 482 g/mol. The first kappa shape index (κ1) is 27.8. The van der Waals surface area contributed by atoms with Crippen LogP contribution in [0.5, 0.6) is 5.75 Å². The van der Waals surface area contributed by atoms with E-state index >= 15 is 0 Å². The fourth-order valence-electron chi connectivity index (χ4n) is 2.71. The van der Waals surface area contributed by atoms with E-state index in [1.165, 1.54) is 24.3 Å². The van der Waals surface area contributed by atoms with E-state index in [1.807, 2.05) is 0 Å². The van der Waals surface area contributed by atoms with Gasteiger partial charge in [-0.2, -0.15) is 0 Å². The van der Waals surface area contributed by atoms with Crippen LogP contribution in [0, 0.1) is 0 Å². The van der Waals surface area contributed by atoms with Crippen LogP contribution >= 0.6 is 0 Å². The van der Waals surface area contributed by atoms with Gasteiger partial charge in [0, 0.05) is 12.8 Å². The smallest absolute Gasteiger partial charge is 0.322 e. The summed E-state index contributed by atoms with van der Waals surface area (Å²) in [5.41, 5.74) is 6.06. The Morgan fingerprint density at radius 3 is 1.91 bits per heavy atom. The maximum absolute atomic E-state index is 12.7. The maximum atomic E-state index is 12.7. The highest BCUT2D eigenvalue weighted by Crippen LogP contribution is 2.12. The minimum atomic E-state index is -1.66. The molecule has 0 radical (unpaired) electrons. The Kier molecular flexibility index (Phi) is 10.9. The largest absolute Gasteiger partial charge is 0.508 e. The molecule has 0 heterocycles. The number of nitrogens with one attached hydrogen (secondary N) is 3. The van der Waals surface area contributed by atoms with Gasteiger partial charge in [0.25, 0.3) is 0 Å². The molecule has 0 spiro atoms. The fourth-order valence-corrected chi connectivity index (χ4v) is 2.71. The lowest BCUT2D eigenvalue weighted by atomic mass is 10.0. The summed E-state index contributed by atoms with van der Waals surface area (Å²) in [5, 5.41) is 42.5. The Morgan fingerprint density at radius 2 is 1.38 bits per heavy atom. The molecule has 0 saturated carbocycles. The first-order valence-electron chi connectivity index (χ1n) is 9.96. The summed E-state index contributed by atoms with van der Waals surface area (Å²) >= 11 is 0. The first-order chi connectivity index (χ1) is 15.9. The van der Waals surface area contributed by atoms with Gasteiger partial charge in [0.2, 0.25) is 17.7 Å². The van der Waals surface area contributed by atoms with Gasteiger partial charge in [-0.05, 0) is 24.1 Å². The lowest BCUT2D eigenvalue weighted by Crippen LogP contribution is -2.57. The van der Waals surface area contributed by atoms with E-state index in [0.717, 1.165) is 0 Å². The highest BCUT2D eigenvalue weighted by molar-refractivity contribution is 5.95. The lowest BCUT2D eigenvalue weighted by molar-refractivity contribution is -0.141. The average Bonchev–Trinajstić information content (AvgIpc) is 2.75. The summed E-state index contributed by atoms with van der Waals surface area (Å²) in [7, 11) is 0. The molecule has 186 valence electrons. The van der Waals surface area contributed by atoms with Crippen molar-refractivity contribution in [2.24, 2.45) is 5.73 Å². The highest BCUT2D eigenvalue weighted by atomic mass is 16.4. The van der Waals surface area contributed by atoms with Gasteiger partial charge >= 0.3 is 17.9 Å². The molecule has 1 aromatic rings. The summed E-state index contributed by atoms with van der Waals surface area (Å²) in [4.78, 5) is 70.0. The van der Waals surface area contributed by atoms with Crippen LogP contribution < -0.4 is 21.7 Å². The van der Waals surface area contributed by atoms with E-state index in [0.29, 0.717) is 5.56 Å². The Balaban J connectivity index is 3.00. The van der Waals surface area contributed by atoms with Crippen LogP contribution in [0.15, 0.2) is 24.3 Å². The van der Waals surface area contributed by atoms with Gasteiger partial charge in [-0.15, -0.1) is 0 Å². The summed E-state index contributed by atoms with van der Waals surface area (Å²) in [6, 6.07) is 1.23. The molecule has 3 amide bonds. The van der Waals surface area contributed by atoms with Crippen LogP contribution in [0.25, 0.3) is 0 Å². The number of hydrogen-bond acceptors (Lipinski definition) is 8. The predicted octanol–water partition coefficient (Wildman–Crippen LogP) is -2.23. The number of carbonyl (C=O) groups excluding carboxylic acids is 3. The number of rotatable bonds is 14. The van der Waals surface area contributed by atoms with E-state index in [9.17, 15) is 33.9 Å². The van der Waals surface area contributed by atoms with Crippen LogP contribution in [0.1, 0.15) is 24.8 Å². The van der Waals surface area contributed by atoms with E-state index in [1.54, 1.807) is 0 Å². The molecule has 0 aromatic heterocycles. The molecule has 1 aromatic carbocycles. The zero-order chi connectivity index (χ0) is 25.8. The van der Waals surface area contributed by atoms with Crippen LogP contribution in [0.4, 0.5) is 0 Å². The quantitative estimate of drug-likeness (QED) is 0.141. The van der Waals surface area contributed by atoms with E-state index in [4.69, 9.17) is 21.1 Å². The van der Waals surface area contributed by atoms with Gasteiger partial charge in [-0.3, -0.25) is 28.8 Å². The van der Waals surface area contributed by atoms with Crippen molar-refractivity contribution in [2.45, 2.75) is 43.8 Å². The van der Waals surface area contributed by atoms with Crippen molar-refractivity contribution in [2.75, 3.05) is 6.54 Å². The normalized spacial score (nSPS) is 13.1. The molecule has 34 heavy (non-hydrogen) atoms. The molecular weight excluding hydrogens is 456 g/mol. The molecule has 3 unspecified atom stereocenters. The lowest BCUT2D eigenvalue weighted by Gasteiger charge is -2.23. The Morgan fingerprint density at radius 1 is 0.794 bits per heavy atom. The molecule has 0 bridgehead atoms. The first-order valence-corrected chi connectivity index (χ1v) is 9.96. The number of aromatic hydroxyl groups is 1.